The first-order valence-corrected chi connectivity index (χ1v) is 5.58. The number of aromatic nitrogens is 2. The Bertz CT molecular complexity index is 621. The number of benzene rings is 1. The number of rotatable bonds is 3. The van der Waals surface area contributed by atoms with E-state index in [1.165, 1.54) is 0 Å². The predicted octanol–water partition coefficient (Wildman–Crippen LogP) is 1.53. The number of nitrogen functional groups attached to an aromatic ring is 1. The molecule has 1 heterocycles. The molecule has 19 heavy (non-hydrogen) atoms. The van der Waals surface area contributed by atoms with Crippen LogP contribution in [0, 0.1) is 13.8 Å². The number of aryl methyl sites for hydroxylation is 1. The second-order valence-corrected chi connectivity index (χ2v) is 4.04. The number of nitrogens with two attached hydrogens (primary N) is 1. The zero-order valence-corrected chi connectivity index (χ0v) is 10.9. The number of hydrogen-bond acceptors (Lipinski definition) is 6. The Balaban J connectivity index is 2.30. The minimum atomic E-state index is -0.479. The molecule has 1 amide bonds. The van der Waals surface area contributed by atoms with E-state index < -0.39 is 5.91 Å². The van der Waals surface area contributed by atoms with Crippen LogP contribution in [0.4, 0.5) is 11.5 Å². The van der Waals surface area contributed by atoms with Crippen molar-refractivity contribution >= 4 is 17.4 Å². The lowest BCUT2D eigenvalue weighted by Gasteiger charge is -2.13. The van der Waals surface area contributed by atoms with Crippen molar-refractivity contribution in [1.82, 2.24) is 10.3 Å². The maximum Gasteiger partial charge on any atom is 0.281 e. The van der Waals surface area contributed by atoms with Gasteiger partial charge in [-0.15, -0.1) is 0 Å². The van der Waals surface area contributed by atoms with E-state index in [4.69, 9.17) is 10.5 Å². The number of hydrogen-bond donors (Lipinski definition) is 2. The predicted molar refractivity (Wildman–Crippen MR) is 69.1 cm³/mol. The second-order valence-electron chi connectivity index (χ2n) is 4.04. The molecule has 0 aliphatic heterocycles. The van der Waals surface area contributed by atoms with Gasteiger partial charge in [-0.2, -0.15) is 0 Å². The van der Waals surface area contributed by atoms with E-state index in [9.17, 15) is 4.79 Å². The van der Waals surface area contributed by atoms with Gasteiger partial charge in [0.15, 0.2) is 0 Å². The molecule has 1 aromatic carbocycles. The minimum absolute atomic E-state index is 0.0426. The second kappa shape index (κ2) is 4.97. The first-order valence-electron chi connectivity index (χ1n) is 5.58. The minimum Gasteiger partial charge on any atom is -0.496 e. The van der Waals surface area contributed by atoms with Gasteiger partial charge < -0.3 is 15.8 Å². The van der Waals surface area contributed by atoms with Crippen LogP contribution in [0.5, 0.6) is 5.75 Å². The van der Waals surface area contributed by atoms with Gasteiger partial charge in [0, 0.05) is 11.3 Å². The molecule has 0 bridgehead atoms. The Morgan fingerprint density at radius 2 is 2.11 bits per heavy atom. The van der Waals surface area contributed by atoms with E-state index in [2.05, 4.69) is 20.3 Å². The number of anilines is 2. The monoisotopic (exact) mass is 262 g/mol. The van der Waals surface area contributed by atoms with E-state index in [1.807, 2.05) is 19.9 Å². The molecule has 100 valence electrons. The van der Waals surface area contributed by atoms with Crippen molar-refractivity contribution in [3.63, 3.8) is 0 Å². The molecule has 7 nitrogen and oxygen atoms in total. The van der Waals surface area contributed by atoms with E-state index >= 15 is 0 Å². The maximum atomic E-state index is 11.9. The normalized spacial score (nSPS) is 10.3. The number of carbonyl (C=O) groups is 1. The summed E-state index contributed by atoms with van der Waals surface area (Å²) in [6.07, 6.45) is 0. The molecule has 0 saturated heterocycles. The lowest BCUT2D eigenvalue weighted by atomic mass is 10.1. The maximum absolute atomic E-state index is 11.9. The number of methoxy groups -OCH3 is 1. The van der Waals surface area contributed by atoms with Crippen molar-refractivity contribution in [3.05, 3.63) is 29.0 Å². The highest BCUT2D eigenvalue weighted by atomic mass is 16.6. The quantitative estimate of drug-likeness (QED) is 0.869. The van der Waals surface area contributed by atoms with Crippen LogP contribution in [0.2, 0.25) is 0 Å². The van der Waals surface area contributed by atoms with Crippen LogP contribution < -0.4 is 15.8 Å². The molecule has 0 aliphatic rings. The highest BCUT2D eigenvalue weighted by molar-refractivity contribution is 6.06. The van der Waals surface area contributed by atoms with Crippen LogP contribution in [0.15, 0.2) is 16.8 Å². The van der Waals surface area contributed by atoms with Gasteiger partial charge in [-0.3, -0.25) is 4.79 Å². The van der Waals surface area contributed by atoms with Crippen molar-refractivity contribution in [3.8, 4) is 5.75 Å². The lowest BCUT2D eigenvalue weighted by Crippen LogP contribution is -2.15. The van der Waals surface area contributed by atoms with Gasteiger partial charge in [0.25, 0.3) is 5.91 Å². The van der Waals surface area contributed by atoms with Gasteiger partial charge in [0.05, 0.1) is 7.11 Å². The topological polar surface area (TPSA) is 103 Å². The number of ether oxygens (including phenoxy) is 1. The molecule has 0 atom stereocenters. The van der Waals surface area contributed by atoms with E-state index in [0.29, 0.717) is 5.69 Å². The van der Waals surface area contributed by atoms with Crippen LogP contribution in [0.1, 0.15) is 21.6 Å². The summed E-state index contributed by atoms with van der Waals surface area (Å²) in [6.45, 7) is 3.78. The molecule has 0 spiro atoms. The van der Waals surface area contributed by atoms with Crippen molar-refractivity contribution in [2.45, 2.75) is 13.8 Å². The smallest absolute Gasteiger partial charge is 0.281 e. The molecule has 0 saturated carbocycles. The lowest BCUT2D eigenvalue weighted by molar-refractivity contribution is 0.101. The summed E-state index contributed by atoms with van der Waals surface area (Å²) in [5, 5.41) is 9.50. The molecular weight excluding hydrogens is 248 g/mol. The van der Waals surface area contributed by atoms with Crippen molar-refractivity contribution in [2.24, 2.45) is 0 Å². The molecule has 3 N–H and O–H groups in total. The molecule has 0 aliphatic carbocycles. The fraction of sp³-hybridized carbons (Fsp3) is 0.250. The summed E-state index contributed by atoms with van der Waals surface area (Å²) in [7, 11) is 1.58. The van der Waals surface area contributed by atoms with Gasteiger partial charge in [0.1, 0.15) is 5.75 Å². The van der Waals surface area contributed by atoms with E-state index in [-0.39, 0.29) is 11.5 Å². The Hall–Kier alpha value is -2.57. The zero-order chi connectivity index (χ0) is 14.0. The molecule has 2 rings (SSSR count). The summed E-state index contributed by atoms with van der Waals surface area (Å²) >= 11 is 0. The fourth-order valence-corrected chi connectivity index (χ4v) is 1.81. The van der Waals surface area contributed by atoms with Gasteiger partial charge >= 0.3 is 0 Å². The highest BCUT2D eigenvalue weighted by Gasteiger charge is 2.18. The first-order chi connectivity index (χ1) is 9.04. The van der Waals surface area contributed by atoms with Crippen LogP contribution in [0.3, 0.4) is 0 Å². The number of amides is 1. The van der Waals surface area contributed by atoms with Crippen LogP contribution >= 0.6 is 0 Å². The SMILES string of the molecule is COc1c(C)ccc(NC(=O)c2nonc2N)c1C. The number of nitrogens with zero attached hydrogens (tertiary/aromatic N) is 2. The molecule has 0 radical (unpaired) electrons. The van der Waals surface area contributed by atoms with Gasteiger partial charge in [-0.05, 0) is 35.8 Å². The van der Waals surface area contributed by atoms with Crippen molar-refractivity contribution < 1.29 is 14.2 Å². The average molecular weight is 262 g/mol. The third-order valence-corrected chi connectivity index (χ3v) is 2.78. The van der Waals surface area contributed by atoms with Crippen LogP contribution in [-0.2, 0) is 0 Å². The summed E-state index contributed by atoms with van der Waals surface area (Å²) in [5.41, 5.74) is 7.85. The molecule has 0 fully saturated rings. The Morgan fingerprint density at radius 1 is 1.37 bits per heavy atom. The van der Waals surface area contributed by atoms with E-state index in [1.54, 1.807) is 13.2 Å². The largest absolute Gasteiger partial charge is 0.496 e. The fourth-order valence-electron chi connectivity index (χ4n) is 1.81. The van der Waals surface area contributed by atoms with Gasteiger partial charge in [0.2, 0.25) is 11.5 Å². The molecular formula is C12H14N4O3. The molecule has 1 aromatic heterocycles. The third-order valence-electron chi connectivity index (χ3n) is 2.78. The first kappa shape index (κ1) is 12.9. The van der Waals surface area contributed by atoms with Crippen molar-refractivity contribution in [1.29, 1.82) is 0 Å². The molecule has 7 heteroatoms. The van der Waals surface area contributed by atoms with E-state index in [0.717, 1.165) is 16.9 Å². The summed E-state index contributed by atoms with van der Waals surface area (Å²) in [5.74, 6) is 0.200. The summed E-state index contributed by atoms with van der Waals surface area (Å²) in [6, 6.07) is 3.64. The van der Waals surface area contributed by atoms with Gasteiger partial charge in [-0.1, -0.05) is 6.07 Å². The zero-order valence-electron chi connectivity index (χ0n) is 10.9. The average Bonchev–Trinajstić information content (AvgIpc) is 2.80. The summed E-state index contributed by atoms with van der Waals surface area (Å²) in [4.78, 5) is 11.9. The number of nitrogens with one attached hydrogen (secondary N) is 1. The summed E-state index contributed by atoms with van der Waals surface area (Å²) < 4.78 is 9.68. The standard InChI is InChI=1S/C12H14N4O3/c1-6-4-5-8(7(2)10(6)18-3)14-12(17)9-11(13)16-19-15-9/h4-5H,1-3H3,(H2,13,16)(H,14,17). The van der Waals surface area contributed by atoms with Gasteiger partial charge in [-0.25, -0.2) is 4.63 Å². The number of carbonyl (C=O) groups excluding carboxylic acids is 1. The third kappa shape index (κ3) is 2.35. The van der Waals surface area contributed by atoms with Crippen LogP contribution in [-0.4, -0.2) is 23.3 Å². The Labute approximate surface area is 109 Å². The van der Waals surface area contributed by atoms with Crippen molar-refractivity contribution in [2.75, 3.05) is 18.2 Å². The Morgan fingerprint density at radius 3 is 2.68 bits per heavy atom. The Kier molecular flexibility index (Phi) is 3.37. The molecule has 0 unspecified atom stereocenters. The molecule has 2 aromatic rings. The highest BCUT2D eigenvalue weighted by Crippen LogP contribution is 2.29. The van der Waals surface area contributed by atoms with Crippen LogP contribution in [0.25, 0.3) is 0 Å².